The van der Waals surface area contributed by atoms with Crippen LogP contribution in [0, 0.1) is 5.92 Å². The van der Waals surface area contributed by atoms with Gasteiger partial charge in [-0.25, -0.2) is 0 Å². The summed E-state index contributed by atoms with van der Waals surface area (Å²) in [6.45, 7) is 0.751. The molecule has 0 bridgehead atoms. The minimum absolute atomic E-state index is 0.119. The van der Waals surface area contributed by atoms with E-state index in [0.29, 0.717) is 11.4 Å². The van der Waals surface area contributed by atoms with Crippen molar-refractivity contribution in [3.05, 3.63) is 94.0 Å². The molecule has 0 saturated heterocycles. The van der Waals surface area contributed by atoms with E-state index in [-0.39, 0.29) is 17.4 Å². The monoisotopic (exact) mass is 473 g/mol. The number of carboxylic acid groups (broad SMARTS) is 1. The molecule has 0 radical (unpaired) electrons. The molecule has 5 heteroatoms. The third kappa shape index (κ3) is 3.56. The highest BCUT2D eigenvalue weighted by Gasteiger charge is 2.53. The zero-order chi connectivity index (χ0) is 23.3. The van der Waals surface area contributed by atoms with Crippen molar-refractivity contribution >= 4 is 23.3 Å². The zero-order valence-electron chi connectivity index (χ0n) is 19.0. The Morgan fingerprint density at radius 2 is 1.94 bits per heavy atom. The number of fused-ring (bicyclic) bond motifs is 3. The first kappa shape index (κ1) is 21.5. The summed E-state index contributed by atoms with van der Waals surface area (Å²) >= 11 is 6.23. The van der Waals surface area contributed by atoms with E-state index >= 15 is 0 Å². The lowest BCUT2D eigenvalue weighted by atomic mass is 9.60. The van der Waals surface area contributed by atoms with Gasteiger partial charge in [-0.3, -0.25) is 4.79 Å². The van der Waals surface area contributed by atoms with Crippen molar-refractivity contribution in [1.29, 1.82) is 0 Å². The number of rotatable bonds is 4. The number of halogens is 1. The third-order valence-electron chi connectivity index (χ3n) is 8.23. The summed E-state index contributed by atoms with van der Waals surface area (Å²) < 4.78 is 5.91. The summed E-state index contributed by atoms with van der Waals surface area (Å²) in [5.74, 6) is 0.124. The van der Waals surface area contributed by atoms with Crippen molar-refractivity contribution in [3.8, 4) is 5.75 Å². The van der Waals surface area contributed by atoms with Gasteiger partial charge < -0.3 is 15.2 Å². The first-order valence-corrected chi connectivity index (χ1v) is 12.5. The predicted octanol–water partition coefficient (Wildman–Crippen LogP) is 6.22. The number of nitrogens with one attached hydrogen (secondary N) is 1. The van der Waals surface area contributed by atoms with Crippen molar-refractivity contribution in [3.63, 3.8) is 0 Å². The van der Waals surface area contributed by atoms with Crippen molar-refractivity contribution in [2.24, 2.45) is 5.92 Å². The molecule has 1 aliphatic heterocycles. The molecular weight excluding hydrogens is 446 g/mol. The number of carboxylic acids is 1. The molecule has 1 saturated carbocycles. The molecule has 174 valence electrons. The summed E-state index contributed by atoms with van der Waals surface area (Å²) in [6, 6.07) is 22.9. The van der Waals surface area contributed by atoms with E-state index in [0.717, 1.165) is 43.7 Å². The minimum atomic E-state index is -0.733. The van der Waals surface area contributed by atoms with E-state index in [9.17, 15) is 9.90 Å². The van der Waals surface area contributed by atoms with Gasteiger partial charge in [0.15, 0.2) is 0 Å². The van der Waals surface area contributed by atoms with Crippen LogP contribution >= 0.6 is 11.6 Å². The van der Waals surface area contributed by atoms with Crippen LogP contribution in [0.3, 0.4) is 0 Å². The van der Waals surface area contributed by atoms with Crippen LogP contribution in [0.15, 0.2) is 66.7 Å². The molecule has 3 aromatic rings. The van der Waals surface area contributed by atoms with Crippen molar-refractivity contribution in [1.82, 2.24) is 0 Å². The highest BCUT2D eigenvalue weighted by Crippen LogP contribution is 2.57. The summed E-state index contributed by atoms with van der Waals surface area (Å²) in [5, 5.41) is 14.3. The van der Waals surface area contributed by atoms with Crippen molar-refractivity contribution in [2.75, 3.05) is 11.9 Å². The molecule has 1 unspecified atom stereocenters. The lowest BCUT2D eigenvalue weighted by Crippen LogP contribution is -2.47. The summed E-state index contributed by atoms with van der Waals surface area (Å²) in [5.41, 5.74) is 6.09. The Hall–Kier alpha value is -2.98. The van der Waals surface area contributed by atoms with Crippen LogP contribution in [-0.4, -0.2) is 23.7 Å². The number of hydrogen-bond acceptors (Lipinski definition) is 3. The van der Waals surface area contributed by atoms with E-state index in [1.54, 1.807) is 0 Å². The second kappa shape index (κ2) is 8.35. The topological polar surface area (TPSA) is 58.6 Å². The normalized spacial score (nSPS) is 27.1. The van der Waals surface area contributed by atoms with Crippen molar-refractivity contribution < 1.29 is 14.6 Å². The SMILES string of the molecule is O=C(O)[C@H]1CC[C@]2(CC1Nc1cccc(Cl)c1)c1ccccc1C[C@@H]2c1ccc2c(c1)OCC2. The Balaban J connectivity index is 1.42. The van der Waals surface area contributed by atoms with Gasteiger partial charge in [-0.1, -0.05) is 54.1 Å². The number of anilines is 1. The van der Waals surface area contributed by atoms with Gasteiger partial charge in [0.25, 0.3) is 0 Å². The number of aliphatic carboxylic acids is 1. The second-order valence-corrected chi connectivity index (χ2v) is 10.4. The van der Waals surface area contributed by atoms with Crippen LogP contribution in [0.2, 0.25) is 5.02 Å². The Morgan fingerprint density at radius 3 is 2.79 bits per heavy atom. The lowest BCUT2D eigenvalue weighted by Gasteiger charge is -2.46. The summed E-state index contributed by atoms with van der Waals surface area (Å²) in [7, 11) is 0. The fourth-order valence-corrected chi connectivity index (χ4v) is 6.87. The van der Waals surface area contributed by atoms with Gasteiger partial charge in [0.2, 0.25) is 0 Å². The second-order valence-electron chi connectivity index (χ2n) is 9.98. The van der Waals surface area contributed by atoms with E-state index in [2.05, 4.69) is 47.8 Å². The van der Waals surface area contributed by atoms with Crippen molar-refractivity contribution in [2.45, 2.75) is 49.5 Å². The average molecular weight is 474 g/mol. The largest absolute Gasteiger partial charge is 0.493 e. The molecule has 0 amide bonds. The van der Waals surface area contributed by atoms with Gasteiger partial charge >= 0.3 is 5.97 Å². The van der Waals surface area contributed by atoms with Crippen LogP contribution in [0.25, 0.3) is 0 Å². The summed E-state index contributed by atoms with van der Waals surface area (Å²) in [6.07, 6.45) is 4.20. The third-order valence-corrected chi connectivity index (χ3v) is 8.47. The Bertz CT molecular complexity index is 1260. The van der Waals surface area contributed by atoms with Crippen LogP contribution < -0.4 is 10.1 Å². The van der Waals surface area contributed by atoms with Gasteiger partial charge in [-0.2, -0.15) is 0 Å². The molecule has 3 aliphatic rings. The van der Waals surface area contributed by atoms with Crippen LogP contribution in [0.1, 0.15) is 47.4 Å². The fourth-order valence-electron chi connectivity index (χ4n) is 6.68. The Kier molecular flexibility index (Phi) is 5.29. The van der Waals surface area contributed by atoms with Gasteiger partial charge in [0, 0.05) is 28.6 Å². The van der Waals surface area contributed by atoms with Gasteiger partial charge in [0.05, 0.1) is 12.5 Å². The molecule has 2 N–H and O–H groups in total. The maximum absolute atomic E-state index is 12.3. The number of benzene rings is 3. The maximum Gasteiger partial charge on any atom is 0.308 e. The molecule has 1 heterocycles. The van der Waals surface area contributed by atoms with E-state index in [1.165, 1.54) is 22.3 Å². The molecule has 0 aromatic heterocycles. The molecule has 6 rings (SSSR count). The number of ether oxygens (including phenoxy) is 1. The maximum atomic E-state index is 12.3. The standard InChI is InChI=1S/C29H28ClNO3/c30-21-5-3-6-22(16-21)31-26-17-29(12-10-23(26)28(32)33)24-7-2-1-4-19(24)14-25(29)20-9-8-18-11-13-34-27(18)15-20/h1-9,15-16,23,25-26,31H,10-14,17H2,(H,32,33)/t23-,25+,26?,29-/m0/s1. The molecule has 2 aliphatic carbocycles. The highest BCUT2D eigenvalue weighted by atomic mass is 35.5. The molecule has 3 aromatic carbocycles. The molecule has 1 spiro atoms. The van der Waals surface area contributed by atoms with E-state index < -0.39 is 11.9 Å². The van der Waals surface area contributed by atoms with Crippen LogP contribution in [0.5, 0.6) is 5.75 Å². The number of carbonyl (C=O) groups is 1. The summed E-state index contributed by atoms with van der Waals surface area (Å²) in [4.78, 5) is 12.3. The Labute approximate surface area is 204 Å². The quantitative estimate of drug-likeness (QED) is 0.472. The highest BCUT2D eigenvalue weighted by molar-refractivity contribution is 6.30. The van der Waals surface area contributed by atoms with Gasteiger partial charge in [-0.05, 0) is 78.1 Å². The van der Waals surface area contributed by atoms with Crippen LogP contribution in [0.4, 0.5) is 5.69 Å². The van der Waals surface area contributed by atoms with E-state index in [4.69, 9.17) is 16.3 Å². The molecule has 4 atom stereocenters. The average Bonchev–Trinajstić information content (AvgIpc) is 3.42. The molecule has 4 nitrogen and oxygen atoms in total. The first-order valence-electron chi connectivity index (χ1n) is 12.1. The molecular formula is C29H28ClNO3. The first-order chi connectivity index (χ1) is 16.5. The number of hydrogen-bond donors (Lipinski definition) is 2. The smallest absolute Gasteiger partial charge is 0.308 e. The fraction of sp³-hybridized carbons (Fsp3) is 0.345. The lowest BCUT2D eigenvalue weighted by molar-refractivity contribution is -0.143. The minimum Gasteiger partial charge on any atom is -0.493 e. The van der Waals surface area contributed by atoms with Gasteiger partial charge in [-0.15, -0.1) is 0 Å². The predicted molar refractivity (Wildman–Crippen MR) is 134 cm³/mol. The van der Waals surface area contributed by atoms with Crippen LogP contribution in [-0.2, 0) is 23.1 Å². The van der Waals surface area contributed by atoms with Gasteiger partial charge in [0.1, 0.15) is 5.75 Å². The van der Waals surface area contributed by atoms with E-state index in [1.807, 2.05) is 24.3 Å². The molecule has 34 heavy (non-hydrogen) atoms. The zero-order valence-corrected chi connectivity index (χ0v) is 19.7. The Morgan fingerprint density at radius 1 is 1.06 bits per heavy atom. The molecule has 1 fully saturated rings.